The first-order valence-electron chi connectivity index (χ1n) is 11.5. The third-order valence-corrected chi connectivity index (χ3v) is 7.64. The summed E-state index contributed by atoms with van der Waals surface area (Å²) in [6.45, 7) is 8.73. The molecule has 2 heterocycles. The molecule has 194 valence electrons. The molecule has 10 heteroatoms. The number of hydrogen-bond acceptors (Lipinski definition) is 4. The van der Waals surface area contributed by atoms with E-state index in [2.05, 4.69) is 0 Å². The molecule has 1 unspecified atom stereocenters. The first kappa shape index (κ1) is 26.7. The van der Waals surface area contributed by atoms with Crippen molar-refractivity contribution in [2.75, 3.05) is 10.6 Å². The predicted molar refractivity (Wildman–Crippen MR) is 139 cm³/mol. The van der Waals surface area contributed by atoms with Gasteiger partial charge in [-0.25, -0.2) is 13.6 Å². The van der Waals surface area contributed by atoms with Crippen LogP contribution in [-0.4, -0.2) is 44.5 Å². The van der Waals surface area contributed by atoms with Crippen LogP contribution in [0.1, 0.15) is 43.7 Å². The number of carboxylic acids is 1. The number of halogens is 3. The lowest BCUT2D eigenvalue weighted by Crippen LogP contribution is -2.49. The fraction of sp³-hybridized carbons (Fsp3) is 0.423. The maximum Gasteiger partial charge on any atom is 0.337 e. The minimum atomic E-state index is -2.77. The van der Waals surface area contributed by atoms with Gasteiger partial charge in [-0.1, -0.05) is 23.7 Å². The number of benzene rings is 2. The molecule has 6 nitrogen and oxygen atoms in total. The van der Waals surface area contributed by atoms with Crippen LogP contribution in [-0.2, 0) is 27.4 Å². The molecule has 0 bridgehead atoms. The third-order valence-electron chi connectivity index (χ3n) is 6.38. The molecule has 1 aromatic heterocycles. The molecule has 1 aliphatic rings. The number of nitrogens with zero attached hydrogens (tertiary/aromatic N) is 2. The zero-order valence-electron chi connectivity index (χ0n) is 20.9. The largest absolute Gasteiger partial charge is 0.593 e. The van der Waals surface area contributed by atoms with Crippen LogP contribution in [0.3, 0.4) is 0 Å². The molecular weight excluding hydrogens is 510 g/mol. The fourth-order valence-electron chi connectivity index (χ4n) is 5.04. The average Bonchev–Trinajstić information content (AvgIpc) is 3.10. The standard InChI is InChI=1S/C26H29ClF2N2O4S/c1-13-11-17-20(15-7-9-16(27)10-8-15)19(23(25(32)33)35-26(3,4)5)14(2)21-22(17)30(13)12-18(24(28)29)31(21)36(6)34/h7-11,18,23-24H,12H2,1-6H3,(H,32,33)/t18-,23+,36?/m1/s1. The minimum absolute atomic E-state index is 0.0424. The average molecular weight is 539 g/mol. The summed E-state index contributed by atoms with van der Waals surface area (Å²) >= 11 is 4.35. The zero-order valence-corrected chi connectivity index (χ0v) is 22.5. The maximum absolute atomic E-state index is 14.2. The second-order valence-electron chi connectivity index (χ2n) is 10.0. The smallest absolute Gasteiger partial charge is 0.337 e. The van der Waals surface area contributed by atoms with Crippen molar-refractivity contribution in [1.29, 1.82) is 0 Å². The quantitative estimate of drug-likeness (QED) is 0.374. The normalized spacial score (nSPS) is 17.6. The molecule has 0 radical (unpaired) electrons. The van der Waals surface area contributed by atoms with E-state index >= 15 is 0 Å². The van der Waals surface area contributed by atoms with Crippen LogP contribution >= 0.6 is 11.6 Å². The Labute approximate surface area is 217 Å². The van der Waals surface area contributed by atoms with Gasteiger partial charge in [-0.15, -0.1) is 0 Å². The number of aliphatic carboxylic acids is 1. The Morgan fingerprint density at radius 3 is 2.36 bits per heavy atom. The summed E-state index contributed by atoms with van der Waals surface area (Å²) in [7, 11) is 0. The number of rotatable bonds is 6. The van der Waals surface area contributed by atoms with Gasteiger partial charge >= 0.3 is 5.97 Å². The van der Waals surface area contributed by atoms with Gasteiger partial charge in [-0.3, -0.25) is 0 Å². The molecule has 3 atom stereocenters. The van der Waals surface area contributed by atoms with Crippen LogP contribution in [0.15, 0.2) is 30.3 Å². The molecule has 3 aromatic rings. The molecule has 36 heavy (non-hydrogen) atoms. The molecule has 1 aliphatic heterocycles. The van der Waals surface area contributed by atoms with Crippen molar-refractivity contribution in [2.45, 2.75) is 65.3 Å². The number of carbonyl (C=O) groups is 1. The van der Waals surface area contributed by atoms with Gasteiger partial charge in [-0.05, 0) is 69.5 Å². The summed E-state index contributed by atoms with van der Waals surface area (Å²) in [5, 5.41) is 11.5. The molecule has 0 saturated heterocycles. The van der Waals surface area contributed by atoms with Crippen molar-refractivity contribution in [3.8, 4) is 11.1 Å². The van der Waals surface area contributed by atoms with Gasteiger partial charge in [0, 0.05) is 21.7 Å². The molecule has 1 N–H and O–H groups in total. The van der Waals surface area contributed by atoms with Crippen LogP contribution < -0.4 is 4.31 Å². The molecule has 0 amide bonds. The van der Waals surface area contributed by atoms with Crippen molar-refractivity contribution in [3.63, 3.8) is 0 Å². The summed E-state index contributed by atoms with van der Waals surface area (Å²) in [5.74, 6) is -1.21. The van der Waals surface area contributed by atoms with Gasteiger partial charge in [0.25, 0.3) is 6.43 Å². The highest BCUT2D eigenvalue weighted by molar-refractivity contribution is 7.92. The van der Waals surface area contributed by atoms with E-state index in [9.17, 15) is 23.2 Å². The lowest BCUT2D eigenvalue weighted by Gasteiger charge is -2.38. The van der Waals surface area contributed by atoms with E-state index in [1.807, 2.05) is 13.0 Å². The van der Waals surface area contributed by atoms with Crippen LogP contribution in [0.25, 0.3) is 22.0 Å². The number of aryl methyl sites for hydroxylation is 1. The molecule has 0 spiro atoms. The lowest BCUT2D eigenvalue weighted by molar-refractivity contribution is -0.160. The van der Waals surface area contributed by atoms with Crippen molar-refractivity contribution in [1.82, 2.24) is 4.57 Å². The number of alkyl halides is 2. The first-order chi connectivity index (χ1) is 16.7. The van der Waals surface area contributed by atoms with E-state index in [1.54, 1.807) is 56.5 Å². The van der Waals surface area contributed by atoms with Gasteiger partial charge in [0.15, 0.2) is 12.1 Å². The molecule has 4 rings (SSSR count). The number of hydrogen-bond donors (Lipinski definition) is 1. The van der Waals surface area contributed by atoms with Crippen LogP contribution in [0.2, 0.25) is 5.02 Å². The second-order valence-corrected chi connectivity index (χ2v) is 11.7. The van der Waals surface area contributed by atoms with Crippen molar-refractivity contribution in [2.24, 2.45) is 0 Å². The Morgan fingerprint density at radius 2 is 1.86 bits per heavy atom. The number of aromatic nitrogens is 1. The summed E-state index contributed by atoms with van der Waals surface area (Å²) < 4.78 is 50.5. The number of ether oxygens (including phenoxy) is 1. The SMILES string of the molecule is Cc1c([C@H](OC(C)(C)C)C(=O)O)c(-c2ccc(Cl)cc2)c2cc(C)n3c2c1N([S+](C)[O-])[C@@H](C(F)F)C3. The lowest BCUT2D eigenvalue weighted by atomic mass is 9.87. The van der Waals surface area contributed by atoms with Crippen LogP contribution in [0.4, 0.5) is 14.5 Å². The second kappa shape index (κ2) is 9.52. The van der Waals surface area contributed by atoms with Crippen molar-refractivity contribution < 1.29 is 28.0 Å². The molecule has 0 fully saturated rings. The van der Waals surface area contributed by atoms with E-state index in [4.69, 9.17) is 16.3 Å². The van der Waals surface area contributed by atoms with E-state index < -0.39 is 41.5 Å². The monoisotopic (exact) mass is 538 g/mol. The van der Waals surface area contributed by atoms with Gasteiger partial charge in [0.1, 0.15) is 11.9 Å². The maximum atomic E-state index is 14.2. The summed E-state index contributed by atoms with van der Waals surface area (Å²) in [6.07, 6.45) is -2.81. The Kier molecular flexibility index (Phi) is 7.07. The third kappa shape index (κ3) is 4.58. The topological polar surface area (TPSA) is 77.8 Å². The highest BCUT2D eigenvalue weighted by atomic mass is 35.5. The highest BCUT2D eigenvalue weighted by Gasteiger charge is 2.44. The summed E-state index contributed by atoms with van der Waals surface area (Å²) in [4.78, 5) is 12.6. The summed E-state index contributed by atoms with van der Waals surface area (Å²) in [5.41, 5.74) is 3.02. The van der Waals surface area contributed by atoms with E-state index in [1.165, 1.54) is 10.6 Å². The van der Waals surface area contributed by atoms with Crippen LogP contribution in [0.5, 0.6) is 0 Å². The number of anilines is 1. The fourth-order valence-corrected chi connectivity index (χ4v) is 6.18. The number of carboxylic acid groups (broad SMARTS) is 1. The molecule has 0 aliphatic carbocycles. The van der Waals surface area contributed by atoms with Crippen LogP contribution in [0, 0.1) is 13.8 Å². The van der Waals surface area contributed by atoms with Gasteiger partial charge in [-0.2, -0.15) is 4.31 Å². The van der Waals surface area contributed by atoms with Crippen molar-refractivity contribution in [3.05, 3.63) is 52.2 Å². The van der Waals surface area contributed by atoms with E-state index in [0.717, 1.165) is 5.69 Å². The zero-order chi connectivity index (χ0) is 26.7. The summed E-state index contributed by atoms with van der Waals surface area (Å²) in [6, 6.07) is 7.56. The molecule has 2 aromatic carbocycles. The van der Waals surface area contributed by atoms with Gasteiger partial charge < -0.3 is 19.0 Å². The van der Waals surface area contributed by atoms with E-state index in [0.29, 0.717) is 43.9 Å². The first-order valence-corrected chi connectivity index (χ1v) is 13.4. The van der Waals surface area contributed by atoms with Crippen molar-refractivity contribution >= 4 is 45.5 Å². The minimum Gasteiger partial charge on any atom is -0.593 e. The highest BCUT2D eigenvalue weighted by Crippen LogP contribution is 2.49. The predicted octanol–water partition coefficient (Wildman–Crippen LogP) is 6.27. The van der Waals surface area contributed by atoms with Gasteiger partial charge in [0.2, 0.25) is 0 Å². The Balaban J connectivity index is 2.19. The Hall–Kier alpha value is -2.33. The Bertz CT molecular complexity index is 1320. The van der Waals surface area contributed by atoms with Gasteiger partial charge in [0.05, 0.1) is 29.0 Å². The van der Waals surface area contributed by atoms with E-state index in [-0.39, 0.29) is 6.54 Å². The molecular formula is C26H29ClF2N2O4S. The Morgan fingerprint density at radius 1 is 1.25 bits per heavy atom. The molecule has 0 saturated carbocycles.